The van der Waals surface area contributed by atoms with Crippen molar-refractivity contribution >= 4 is 34.1 Å². The number of nitrogens with one attached hydrogen (secondary N) is 2. The monoisotopic (exact) mass is 440 g/mol. The highest BCUT2D eigenvalue weighted by Crippen LogP contribution is 2.27. The predicted octanol–water partition coefficient (Wildman–Crippen LogP) is 2.87. The molecule has 166 valence electrons. The van der Waals surface area contributed by atoms with Crippen molar-refractivity contribution in [2.75, 3.05) is 43.4 Å². The Morgan fingerprint density at radius 1 is 1.00 bits per heavy atom. The Kier molecular flexibility index (Phi) is 4.65. The fourth-order valence-corrected chi connectivity index (χ4v) is 4.14. The Morgan fingerprint density at radius 3 is 2.76 bits per heavy atom. The lowest BCUT2D eigenvalue weighted by atomic mass is 10.2. The largest absolute Gasteiger partial charge is 0.354 e. The second-order valence-corrected chi connectivity index (χ2v) is 8.36. The van der Waals surface area contributed by atoms with Gasteiger partial charge in [-0.3, -0.25) is 0 Å². The highest BCUT2D eigenvalue weighted by molar-refractivity contribution is 5.92. The number of aromatic amines is 1. The standard InChI is InChI=1S/C23H24N10/c1-15-12-25-20-4-3-19(30-33(15)20)17-13-26-22-18(17)14-27-23(29-22)28-16-5-6-24-21(11-16)32-9-7-31(2)8-10-32/h3-6,11-14H,7-10H2,1-2H3,(H2,24,26,27,28,29). The second kappa shape index (κ2) is 7.82. The second-order valence-electron chi connectivity index (χ2n) is 8.36. The SMILES string of the molecule is Cc1cnc2ccc(-c3c[nH]c4nc(Nc5ccnc(N6CCN(C)CC6)c5)ncc34)nn12. The molecule has 0 saturated carbocycles. The predicted molar refractivity (Wildman–Crippen MR) is 128 cm³/mol. The van der Waals surface area contributed by atoms with E-state index < -0.39 is 0 Å². The molecule has 0 unspecified atom stereocenters. The highest BCUT2D eigenvalue weighted by atomic mass is 15.3. The minimum absolute atomic E-state index is 0.528. The van der Waals surface area contributed by atoms with Crippen LogP contribution in [0.4, 0.5) is 17.5 Å². The van der Waals surface area contributed by atoms with E-state index in [1.165, 1.54) is 0 Å². The van der Waals surface area contributed by atoms with Crippen molar-refractivity contribution in [3.05, 3.63) is 54.7 Å². The summed E-state index contributed by atoms with van der Waals surface area (Å²) in [6.07, 6.45) is 7.38. The van der Waals surface area contributed by atoms with Gasteiger partial charge in [-0.2, -0.15) is 10.1 Å². The third-order valence-electron chi connectivity index (χ3n) is 6.07. The number of H-pyrrole nitrogens is 1. The fourth-order valence-electron chi connectivity index (χ4n) is 4.14. The van der Waals surface area contributed by atoms with Gasteiger partial charge >= 0.3 is 0 Å². The minimum Gasteiger partial charge on any atom is -0.354 e. The van der Waals surface area contributed by atoms with Gasteiger partial charge in [0.25, 0.3) is 0 Å². The van der Waals surface area contributed by atoms with Gasteiger partial charge in [0.05, 0.1) is 17.6 Å². The van der Waals surface area contributed by atoms with Gasteiger partial charge in [-0.05, 0) is 32.2 Å². The zero-order valence-electron chi connectivity index (χ0n) is 18.5. The molecular weight excluding hydrogens is 416 g/mol. The van der Waals surface area contributed by atoms with Gasteiger partial charge in [0.2, 0.25) is 5.95 Å². The molecule has 0 amide bonds. The molecular formula is C23H24N10. The third kappa shape index (κ3) is 3.64. The molecule has 0 spiro atoms. The minimum atomic E-state index is 0.528. The number of aromatic nitrogens is 7. The van der Waals surface area contributed by atoms with Gasteiger partial charge in [-0.1, -0.05) is 0 Å². The van der Waals surface area contributed by atoms with Crippen molar-refractivity contribution < 1.29 is 0 Å². The molecule has 6 rings (SSSR count). The lowest BCUT2D eigenvalue weighted by Gasteiger charge is -2.33. The molecule has 2 N–H and O–H groups in total. The first-order chi connectivity index (χ1) is 16.1. The Labute approximate surface area is 190 Å². The molecule has 0 aromatic carbocycles. The molecule has 1 saturated heterocycles. The van der Waals surface area contributed by atoms with Crippen LogP contribution in [-0.4, -0.2) is 72.7 Å². The Morgan fingerprint density at radius 2 is 1.88 bits per heavy atom. The average Bonchev–Trinajstić information content (AvgIpc) is 3.43. The van der Waals surface area contributed by atoms with Crippen LogP contribution in [0, 0.1) is 6.92 Å². The number of piperazine rings is 1. The average molecular weight is 441 g/mol. The van der Waals surface area contributed by atoms with Crippen LogP contribution in [0.15, 0.2) is 49.1 Å². The number of hydrogen-bond acceptors (Lipinski definition) is 8. The van der Waals surface area contributed by atoms with Gasteiger partial charge in [-0.15, -0.1) is 0 Å². The number of hydrogen-bond donors (Lipinski definition) is 2. The number of aryl methyl sites for hydroxylation is 1. The molecule has 0 aliphatic carbocycles. The fraction of sp³-hybridized carbons (Fsp3) is 0.261. The summed E-state index contributed by atoms with van der Waals surface area (Å²) in [7, 11) is 2.15. The summed E-state index contributed by atoms with van der Waals surface area (Å²) in [4.78, 5) is 26.0. The van der Waals surface area contributed by atoms with Crippen molar-refractivity contribution in [3.8, 4) is 11.3 Å². The van der Waals surface area contributed by atoms with Crippen LogP contribution >= 0.6 is 0 Å². The first kappa shape index (κ1) is 19.6. The van der Waals surface area contributed by atoms with E-state index in [9.17, 15) is 0 Å². The Bertz CT molecular complexity index is 1440. The van der Waals surface area contributed by atoms with Crippen molar-refractivity contribution in [3.63, 3.8) is 0 Å². The lowest BCUT2D eigenvalue weighted by molar-refractivity contribution is 0.312. The molecule has 0 atom stereocenters. The van der Waals surface area contributed by atoms with E-state index in [1.54, 1.807) is 0 Å². The molecule has 0 bridgehead atoms. The maximum absolute atomic E-state index is 4.72. The van der Waals surface area contributed by atoms with E-state index in [0.29, 0.717) is 5.95 Å². The molecule has 1 aliphatic heterocycles. The molecule has 6 heterocycles. The maximum Gasteiger partial charge on any atom is 0.229 e. The molecule has 1 aliphatic rings. The summed E-state index contributed by atoms with van der Waals surface area (Å²) in [5, 5.41) is 8.95. The summed E-state index contributed by atoms with van der Waals surface area (Å²) in [5.74, 6) is 1.49. The van der Waals surface area contributed by atoms with E-state index in [1.807, 2.05) is 60.5 Å². The number of likely N-dealkylation sites (N-methyl/N-ethyl adjacent to an activating group) is 1. The Hall–Kier alpha value is -4.05. The van der Waals surface area contributed by atoms with Crippen LogP contribution in [0.1, 0.15) is 5.69 Å². The van der Waals surface area contributed by atoms with Crippen LogP contribution in [0.2, 0.25) is 0 Å². The highest BCUT2D eigenvalue weighted by Gasteiger charge is 2.16. The first-order valence-electron chi connectivity index (χ1n) is 11.0. The molecule has 10 heteroatoms. The Balaban J connectivity index is 1.26. The zero-order chi connectivity index (χ0) is 22.4. The van der Waals surface area contributed by atoms with Crippen LogP contribution < -0.4 is 10.2 Å². The number of fused-ring (bicyclic) bond motifs is 2. The van der Waals surface area contributed by atoms with Crippen molar-refractivity contribution in [2.24, 2.45) is 0 Å². The van der Waals surface area contributed by atoms with E-state index in [4.69, 9.17) is 5.10 Å². The van der Waals surface area contributed by atoms with E-state index in [2.05, 4.69) is 47.1 Å². The van der Waals surface area contributed by atoms with E-state index >= 15 is 0 Å². The topological polar surface area (TPSA) is 103 Å². The zero-order valence-corrected chi connectivity index (χ0v) is 18.5. The van der Waals surface area contributed by atoms with Gasteiger partial charge in [0.15, 0.2) is 5.65 Å². The number of nitrogens with zero attached hydrogens (tertiary/aromatic N) is 8. The number of anilines is 3. The lowest BCUT2D eigenvalue weighted by Crippen LogP contribution is -2.44. The molecule has 0 radical (unpaired) electrons. The molecule has 10 nitrogen and oxygen atoms in total. The first-order valence-corrected chi connectivity index (χ1v) is 11.0. The van der Waals surface area contributed by atoms with Gasteiger partial charge in [-0.25, -0.2) is 19.5 Å². The molecule has 5 aromatic heterocycles. The van der Waals surface area contributed by atoms with Gasteiger partial charge in [0, 0.05) is 67.5 Å². The quantitative estimate of drug-likeness (QED) is 0.440. The number of rotatable bonds is 4. The smallest absolute Gasteiger partial charge is 0.229 e. The maximum atomic E-state index is 4.72. The van der Waals surface area contributed by atoms with Gasteiger partial charge < -0.3 is 20.1 Å². The summed E-state index contributed by atoms with van der Waals surface area (Å²) in [6.45, 7) is 6.01. The van der Waals surface area contributed by atoms with E-state index in [-0.39, 0.29) is 0 Å². The number of imidazole rings is 1. The molecule has 33 heavy (non-hydrogen) atoms. The molecule has 1 fully saturated rings. The number of pyridine rings is 1. The van der Waals surface area contributed by atoms with Crippen molar-refractivity contribution in [1.82, 2.24) is 39.4 Å². The molecule has 5 aromatic rings. The van der Waals surface area contributed by atoms with Crippen LogP contribution in [0.3, 0.4) is 0 Å². The van der Waals surface area contributed by atoms with Crippen LogP contribution in [0.25, 0.3) is 27.9 Å². The summed E-state index contributed by atoms with van der Waals surface area (Å²) in [5.41, 5.74) is 5.26. The third-order valence-corrected chi connectivity index (χ3v) is 6.07. The van der Waals surface area contributed by atoms with Gasteiger partial charge in [0.1, 0.15) is 11.5 Å². The van der Waals surface area contributed by atoms with E-state index in [0.717, 1.165) is 71.3 Å². The van der Waals surface area contributed by atoms with Crippen molar-refractivity contribution in [2.45, 2.75) is 6.92 Å². The summed E-state index contributed by atoms with van der Waals surface area (Å²) < 4.78 is 1.84. The van der Waals surface area contributed by atoms with Crippen LogP contribution in [0.5, 0.6) is 0 Å². The normalized spacial score (nSPS) is 14.9. The van der Waals surface area contributed by atoms with Crippen LogP contribution in [-0.2, 0) is 0 Å². The summed E-state index contributed by atoms with van der Waals surface area (Å²) >= 11 is 0. The van der Waals surface area contributed by atoms with Crippen molar-refractivity contribution in [1.29, 1.82) is 0 Å². The summed E-state index contributed by atoms with van der Waals surface area (Å²) in [6, 6.07) is 7.91.